The molecule has 0 fully saturated rings. The lowest BCUT2D eigenvalue weighted by molar-refractivity contribution is -0.142. The van der Waals surface area contributed by atoms with Crippen LogP contribution in [0.15, 0.2) is 4.99 Å². The molecule has 0 aliphatic rings. The maximum atomic E-state index is 13.0. The Bertz CT molecular complexity index is 791. The average molecular weight is 534 g/mol. The topological polar surface area (TPSA) is 252 Å². The first-order valence-electron chi connectivity index (χ1n) is 11.5. The van der Waals surface area contributed by atoms with Crippen molar-refractivity contribution in [3.8, 4) is 0 Å². The molecule has 0 aliphatic heterocycles. The second-order valence-corrected chi connectivity index (χ2v) is 9.45. The molecule has 36 heavy (non-hydrogen) atoms. The summed E-state index contributed by atoms with van der Waals surface area (Å²) < 4.78 is 0. The van der Waals surface area contributed by atoms with Crippen molar-refractivity contribution in [2.75, 3.05) is 18.6 Å². The second kappa shape index (κ2) is 17.4. The van der Waals surface area contributed by atoms with Crippen LogP contribution < -0.4 is 33.2 Å². The van der Waals surface area contributed by atoms with Crippen molar-refractivity contribution in [3.63, 3.8) is 0 Å². The van der Waals surface area contributed by atoms with Crippen LogP contribution in [0.2, 0.25) is 0 Å². The van der Waals surface area contributed by atoms with E-state index in [4.69, 9.17) is 22.3 Å². The molecule has 14 nitrogen and oxygen atoms in total. The number of aliphatic carboxylic acids is 2. The van der Waals surface area contributed by atoms with Gasteiger partial charge >= 0.3 is 11.9 Å². The molecule has 4 unspecified atom stereocenters. The maximum Gasteiger partial charge on any atom is 0.326 e. The summed E-state index contributed by atoms with van der Waals surface area (Å²) in [7, 11) is 0. The molecule has 206 valence electrons. The number of nitrogens with one attached hydrogen (secondary N) is 3. The van der Waals surface area contributed by atoms with Gasteiger partial charge in [-0.15, -0.1) is 0 Å². The van der Waals surface area contributed by atoms with E-state index in [-0.39, 0.29) is 31.8 Å². The Morgan fingerprint density at radius 1 is 0.889 bits per heavy atom. The fourth-order valence-electron chi connectivity index (χ4n) is 3.01. The van der Waals surface area contributed by atoms with E-state index >= 15 is 0 Å². The van der Waals surface area contributed by atoms with Crippen LogP contribution in [0.1, 0.15) is 46.0 Å². The van der Waals surface area contributed by atoms with E-state index in [0.717, 1.165) is 0 Å². The number of hydrogen-bond acceptors (Lipinski definition) is 8. The van der Waals surface area contributed by atoms with Gasteiger partial charge in [-0.25, -0.2) is 4.79 Å². The van der Waals surface area contributed by atoms with Crippen LogP contribution in [0.5, 0.6) is 0 Å². The third kappa shape index (κ3) is 13.7. The number of amides is 3. The zero-order valence-electron chi connectivity index (χ0n) is 20.9. The molecular weight excluding hydrogens is 494 g/mol. The molecule has 0 bridgehead atoms. The lowest BCUT2D eigenvalue weighted by Gasteiger charge is -2.27. The van der Waals surface area contributed by atoms with Gasteiger partial charge in [-0.3, -0.25) is 24.2 Å². The third-order valence-electron chi connectivity index (χ3n) is 5.06. The number of carboxylic acid groups (broad SMARTS) is 2. The van der Waals surface area contributed by atoms with Crippen molar-refractivity contribution >= 4 is 47.4 Å². The Morgan fingerprint density at radius 2 is 1.50 bits per heavy atom. The molecule has 0 saturated heterocycles. The molecule has 0 saturated carbocycles. The number of hydrogen-bond donors (Lipinski definition) is 8. The Hall–Kier alpha value is -3.07. The van der Waals surface area contributed by atoms with Crippen molar-refractivity contribution in [1.82, 2.24) is 16.0 Å². The molecule has 0 radical (unpaired) electrons. The largest absolute Gasteiger partial charge is 0.481 e. The molecule has 0 aromatic carbocycles. The van der Waals surface area contributed by atoms with Crippen LogP contribution >= 0.6 is 11.8 Å². The first-order chi connectivity index (χ1) is 16.8. The van der Waals surface area contributed by atoms with Gasteiger partial charge in [-0.05, 0) is 43.6 Å². The van der Waals surface area contributed by atoms with E-state index in [0.29, 0.717) is 12.2 Å². The van der Waals surface area contributed by atoms with Crippen LogP contribution in [-0.2, 0) is 24.0 Å². The zero-order valence-corrected chi connectivity index (χ0v) is 21.7. The molecule has 0 aliphatic carbocycles. The van der Waals surface area contributed by atoms with E-state index in [1.54, 1.807) is 20.1 Å². The quantitative estimate of drug-likeness (QED) is 0.0553. The van der Waals surface area contributed by atoms with Crippen LogP contribution in [0.4, 0.5) is 0 Å². The summed E-state index contributed by atoms with van der Waals surface area (Å²) in [6, 6.07) is -4.54. The highest BCUT2D eigenvalue weighted by Crippen LogP contribution is 2.08. The van der Waals surface area contributed by atoms with Gasteiger partial charge in [0, 0.05) is 13.0 Å². The van der Waals surface area contributed by atoms with Crippen molar-refractivity contribution in [2.45, 2.75) is 70.1 Å². The van der Waals surface area contributed by atoms with Gasteiger partial charge in [-0.1, -0.05) is 13.8 Å². The fraction of sp³-hybridized carbons (Fsp3) is 0.714. The minimum atomic E-state index is -1.28. The highest BCUT2D eigenvalue weighted by Gasteiger charge is 2.32. The second-order valence-electron chi connectivity index (χ2n) is 8.46. The predicted octanol–water partition coefficient (Wildman–Crippen LogP) is -1.82. The minimum Gasteiger partial charge on any atom is -0.481 e. The van der Waals surface area contributed by atoms with Crippen molar-refractivity contribution < 1.29 is 34.2 Å². The molecule has 4 atom stereocenters. The lowest BCUT2D eigenvalue weighted by atomic mass is 10.0. The SMILES string of the molecule is CSCCC(NC(=O)C(NC(=O)C(CCC(=O)O)NC(=O)C(N)CCCN=C(N)N)C(C)C)C(=O)O. The molecule has 0 rings (SSSR count). The smallest absolute Gasteiger partial charge is 0.326 e. The third-order valence-corrected chi connectivity index (χ3v) is 5.70. The summed E-state index contributed by atoms with van der Waals surface area (Å²) in [5.41, 5.74) is 16.3. The molecule has 0 aromatic heterocycles. The summed E-state index contributed by atoms with van der Waals surface area (Å²) >= 11 is 1.43. The van der Waals surface area contributed by atoms with E-state index < -0.39 is 66.2 Å². The first-order valence-corrected chi connectivity index (χ1v) is 12.8. The average Bonchev–Trinajstić information content (AvgIpc) is 2.79. The van der Waals surface area contributed by atoms with Gasteiger partial charge < -0.3 is 43.4 Å². The van der Waals surface area contributed by atoms with E-state index in [2.05, 4.69) is 20.9 Å². The summed E-state index contributed by atoms with van der Waals surface area (Å²) in [6.45, 7) is 3.56. The van der Waals surface area contributed by atoms with Gasteiger partial charge in [0.25, 0.3) is 0 Å². The van der Waals surface area contributed by atoms with E-state index in [1.807, 2.05) is 0 Å². The van der Waals surface area contributed by atoms with Crippen molar-refractivity contribution in [3.05, 3.63) is 0 Å². The number of guanidine groups is 1. The van der Waals surface area contributed by atoms with Gasteiger partial charge in [0.05, 0.1) is 6.04 Å². The van der Waals surface area contributed by atoms with E-state index in [1.165, 1.54) is 11.8 Å². The Kier molecular flexibility index (Phi) is 15.9. The van der Waals surface area contributed by atoms with Crippen molar-refractivity contribution in [2.24, 2.45) is 28.1 Å². The number of nitrogens with two attached hydrogens (primary N) is 3. The number of thioether (sulfide) groups is 1. The zero-order chi connectivity index (χ0) is 27.8. The maximum absolute atomic E-state index is 13.0. The lowest BCUT2D eigenvalue weighted by Crippen LogP contribution is -2.58. The summed E-state index contributed by atoms with van der Waals surface area (Å²) in [4.78, 5) is 64.6. The van der Waals surface area contributed by atoms with Crippen molar-refractivity contribution in [1.29, 1.82) is 0 Å². The Labute approximate surface area is 214 Å². The minimum absolute atomic E-state index is 0.0962. The molecular formula is C21H39N7O7S. The highest BCUT2D eigenvalue weighted by atomic mass is 32.2. The highest BCUT2D eigenvalue weighted by molar-refractivity contribution is 7.98. The van der Waals surface area contributed by atoms with Crippen LogP contribution in [0, 0.1) is 5.92 Å². The summed E-state index contributed by atoms with van der Waals surface area (Å²) in [6.07, 6.45) is 1.94. The molecule has 11 N–H and O–H groups in total. The number of nitrogens with zero attached hydrogens (tertiary/aromatic N) is 1. The predicted molar refractivity (Wildman–Crippen MR) is 136 cm³/mol. The van der Waals surface area contributed by atoms with Crippen LogP contribution in [0.3, 0.4) is 0 Å². The molecule has 0 aromatic rings. The monoisotopic (exact) mass is 533 g/mol. The van der Waals surface area contributed by atoms with Gasteiger partial charge in [0.2, 0.25) is 17.7 Å². The first kappa shape index (κ1) is 32.9. The molecule has 0 heterocycles. The normalized spacial score (nSPS) is 14.1. The summed E-state index contributed by atoms with van der Waals surface area (Å²) in [5, 5.41) is 25.8. The molecule has 3 amide bonds. The number of carbonyl (C=O) groups excluding carboxylic acids is 3. The van der Waals surface area contributed by atoms with Gasteiger partial charge in [0.1, 0.15) is 18.1 Å². The van der Waals surface area contributed by atoms with Crippen LogP contribution in [-0.4, -0.2) is 88.6 Å². The molecule has 15 heteroatoms. The number of rotatable bonds is 18. The number of aliphatic imine (C=N–C) groups is 1. The van der Waals surface area contributed by atoms with E-state index in [9.17, 15) is 29.1 Å². The standard InChI is InChI=1S/C21H39N7O7S/c1-11(2)16(19(33)27-14(20(34)35)8-10-36-3)28-18(32)13(6-7-15(29)30)26-17(31)12(22)5-4-9-25-21(23)24/h11-14,16H,4-10,22H2,1-3H3,(H,26,31)(H,27,33)(H,28,32)(H,29,30)(H,34,35)(H4,23,24,25). The van der Waals surface area contributed by atoms with Crippen LogP contribution in [0.25, 0.3) is 0 Å². The number of carbonyl (C=O) groups is 5. The molecule has 0 spiro atoms. The Morgan fingerprint density at radius 3 is 2.00 bits per heavy atom. The summed E-state index contributed by atoms with van der Waals surface area (Å²) in [5.74, 6) is -4.58. The fourth-order valence-corrected chi connectivity index (χ4v) is 3.48. The number of carboxylic acids is 2. The van der Waals surface area contributed by atoms with Gasteiger partial charge in [-0.2, -0.15) is 11.8 Å². The van der Waals surface area contributed by atoms with Gasteiger partial charge in [0.15, 0.2) is 5.96 Å². The Balaban J connectivity index is 5.37.